The third kappa shape index (κ3) is 1.47. The molecule has 0 spiro atoms. The van der Waals surface area contributed by atoms with Gasteiger partial charge >= 0.3 is 0 Å². The lowest BCUT2D eigenvalue weighted by molar-refractivity contribution is -0.0944. The molecule has 2 rings (SSSR count). The summed E-state index contributed by atoms with van der Waals surface area (Å²) < 4.78 is 11.8. The van der Waals surface area contributed by atoms with Crippen molar-refractivity contribution in [3.05, 3.63) is 28.2 Å². The van der Waals surface area contributed by atoms with Gasteiger partial charge in [-0.2, -0.15) is 0 Å². The second-order valence-corrected chi connectivity index (χ2v) is 3.66. The molecular weight excluding hydrogens is 220 g/mol. The van der Waals surface area contributed by atoms with Crippen LogP contribution < -0.4 is 4.74 Å². The largest absolute Gasteiger partial charge is 0.465 e. The van der Waals surface area contributed by atoms with E-state index in [4.69, 9.17) is 9.47 Å². The predicted octanol–water partition coefficient (Wildman–Crippen LogP) is 2.70. The maximum Gasteiger partial charge on any atom is 0.197 e. The molecule has 0 aromatic heterocycles. The lowest BCUT2D eigenvalue weighted by atomic mass is 10.2. The Hall–Kier alpha value is -0.540. The van der Waals surface area contributed by atoms with Crippen LogP contribution in [-0.4, -0.2) is 6.29 Å². The average Bonchev–Trinajstić information content (AvgIpc) is 2.05. The van der Waals surface area contributed by atoms with Crippen molar-refractivity contribution in [2.45, 2.75) is 19.8 Å². The molecule has 0 radical (unpaired) electrons. The van der Waals surface area contributed by atoms with Gasteiger partial charge in [-0.3, -0.25) is 0 Å². The van der Waals surface area contributed by atoms with Crippen LogP contribution in [0.15, 0.2) is 22.7 Å². The molecule has 2 nitrogen and oxygen atoms in total. The number of rotatable bonds is 0. The first-order chi connectivity index (χ1) is 5.75. The van der Waals surface area contributed by atoms with Crippen molar-refractivity contribution < 1.29 is 9.47 Å². The topological polar surface area (TPSA) is 18.5 Å². The highest BCUT2D eigenvalue weighted by molar-refractivity contribution is 9.10. The number of fused-ring (bicyclic) bond motifs is 1. The third-order valence-electron chi connectivity index (χ3n) is 1.79. The van der Waals surface area contributed by atoms with Gasteiger partial charge in [0.2, 0.25) is 0 Å². The fourth-order valence-electron chi connectivity index (χ4n) is 1.20. The van der Waals surface area contributed by atoms with Crippen LogP contribution in [0.25, 0.3) is 0 Å². The molecule has 1 unspecified atom stereocenters. The molecule has 64 valence electrons. The number of benzene rings is 1. The molecule has 0 aliphatic carbocycles. The predicted molar refractivity (Wildman–Crippen MR) is 49.0 cm³/mol. The quantitative estimate of drug-likeness (QED) is 0.680. The minimum atomic E-state index is -0.126. The van der Waals surface area contributed by atoms with Crippen molar-refractivity contribution in [3.63, 3.8) is 0 Å². The Bertz CT molecular complexity index is 299. The van der Waals surface area contributed by atoms with Crippen LogP contribution >= 0.6 is 15.9 Å². The lowest BCUT2D eigenvalue weighted by Gasteiger charge is -2.23. The Kier molecular flexibility index (Phi) is 2.07. The minimum absolute atomic E-state index is 0.126. The number of halogens is 1. The van der Waals surface area contributed by atoms with E-state index in [0.29, 0.717) is 6.61 Å². The highest BCUT2D eigenvalue weighted by Crippen LogP contribution is 2.28. The van der Waals surface area contributed by atoms with Gasteiger partial charge in [0.15, 0.2) is 6.29 Å². The molecule has 0 N–H and O–H groups in total. The highest BCUT2D eigenvalue weighted by Gasteiger charge is 2.15. The average molecular weight is 229 g/mol. The van der Waals surface area contributed by atoms with E-state index >= 15 is 0 Å². The Morgan fingerprint density at radius 3 is 3.17 bits per heavy atom. The minimum Gasteiger partial charge on any atom is -0.465 e. The summed E-state index contributed by atoms with van der Waals surface area (Å²) in [5.41, 5.74) is 1.10. The molecule has 0 saturated heterocycles. The van der Waals surface area contributed by atoms with E-state index < -0.39 is 0 Å². The molecule has 1 aromatic carbocycles. The van der Waals surface area contributed by atoms with Crippen LogP contribution in [0, 0.1) is 0 Å². The van der Waals surface area contributed by atoms with Gasteiger partial charge in [0, 0.05) is 10.0 Å². The van der Waals surface area contributed by atoms with Crippen LogP contribution in [0.1, 0.15) is 12.5 Å². The summed E-state index contributed by atoms with van der Waals surface area (Å²) in [6.45, 7) is 2.53. The van der Waals surface area contributed by atoms with Gasteiger partial charge in [-0.15, -0.1) is 0 Å². The molecule has 1 heterocycles. The fourth-order valence-corrected chi connectivity index (χ4v) is 1.60. The van der Waals surface area contributed by atoms with E-state index in [1.807, 2.05) is 25.1 Å². The van der Waals surface area contributed by atoms with Gasteiger partial charge in [-0.05, 0) is 25.1 Å². The second kappa shape index (κ2) is 3.07. The summed E-state index contributed by atoms with van der Waals surface area (Å²) in [4.78, 5) is 0. The Balaban J connectivity index is 2.37. The molecule has 12 heavy (non-hydrogen) atoms. The molecule has 1 aliphatic rings. The summed E-state index contributed by atoms with van der Waals surface area (Å²) in [6.07, 6.45) is -0.126. The Morgan fingerprint density at radius 1 is 1.50 bits per heavy atom. The standard InChI is InChI=1S/C9H9BrO2/c1-6-11-5-7-4-8(10)2-3-9(7)12-6/h2-4,6H,5H2,1H3. The van der Waals surface area contributed by atoms with Crippen molar-refractivity contribution in [1.29, 1.82) is 0 Å². The van der Waals surface area contributed by atoms with E-state index in [2.05, 4.69) is 15.9 Å². The van der Waals surface area contributed by atoms with Crippen molar-refractivity contribution in [1.82, 2.24) is 0 Å². The molecule has 0 amide bonds. The molecule has 3 heteroatoms. The third-order valence-corrected chi connectivity index (χ3v) is 2.28. The Labute approximate surface area is 79.6 Å². The van der Waals surface area contributed by atoms with E-state index in [-0.39, 0.29) is 6.29 Å². The summed E-state index contributed by atoms with van der Waals surface area (Å²) >= 11 is 3.39. The summed E-state index contributed by atoms with van der Waals surface area (Å²) in [5, 5.41) is 0. The number of ether oxygens (including phenoxy) is 2. The zero-order valence-corrected chi connectivity index (χ0v) is 8.30. The van der Waals surface area contributed by atoms with Crippen molar-refractivity contribution >= 4 is 15.9 Å². The first-order valence-corrected chi connectivity index (χ1v) is 4.62. The van der Waals surface area contributed by atoms with Gasteiger partial charge in [-0.25, -0.2) is 0 Å². The van der Waals surface area contributed by atoms with Crippen LogP contribution in [-0.2, 0) is 11.3 Å². The molecule has 0 saturated carbocycles. The van der Waals surface area contributed by atoms with Crippen LogP contribution in [0.3, 0.4) is 0 Å². The van der Waals surface area contributed by atoms with E-state index in [0.717, 1.165) is 15.8 Å². The molecule has 0 bridgehead atoms. The fraction of sp³-hybridized carbons (Fsp3) is 0.333. The van der Waals surface area contributed by atoms with Crippen LogP contribution in [0.5, 0.6) is 5.75 Å². The number of hydrogen-bond donors (Lipinski definition) is 0. The Morgan fingerprint density at radius 2 is 2.33 bits per heavy atom. The van der Waals surface area contributed by atoms with E-state index in [1.54, 1.807) is 0 Å². The second-order valence-electron chi connectivity index (χ2n) is 2.75. The van der Waals surface area contributed by atoms with Crippen molar-refractivity contribution in [3.8, 4) is 5.75 Å². The highest BCUT2D eigenvalue weighted by atomic mass is 79.9. The van der Waals surface area contributed by atoms with Crippen LogP contribution in [0.2, 0.25) is 0 Å². The summed E-state index contributed by atoms with van der Waals surface area (Å²) in [5.74, 6) is 0.928. The van der Waals surface area contributed by atoms with E-state index in [9.17, 15) is 0 Å². The molecular formula is C9H9BrO2. The first-order valence-electron chi connectivity index (χ1n) is 3.82. The van der Waals surface area contributed by atoms with Gasteiger partial charge in [-0.1, -0.05) is 15.9 Å². The van der Waals surface area contributed by atoms with Gasteiger partial charge < -0.3 is 9.47 Å². The van der Waals surface area contributed by atoms with Gasteiger partial charge in [0.1, 0.15) is 5.75 Å². The summed E-state index contributed by atoms with van der Waals surface area (Å²) in [7, 11) is 0. The molecule has 1 aliphatic heterocycles. The van der Waals surface area contributed by atoms with E-state index in [1.165, 1.54) is 0 Å². The maximum atomic E-state index is 5.44. The first kappa shape index (κ1) is 8.08. The SMILES string of the molecule is CC1OCc2cc(Br)ccc2O1. The zero-order chi connectivity index (χ0) is 8.55. The van der Waals surface area contributed by atoms with Crippen molar-refractivity contribution in [2.75, 3.05) is 0 Å². The number of hydrogen-bond acceptors (Lipinski definition) is 2. The van der Waals surface area contributed by atoms with Gasteiger partial charge in [0.05, 0.1) is 6.61 Å². The normalized spacial score (nSPS) is 21.3. The van der Waals surface area contributed by atoms with Gasteiger partial charge in [0.25, 0.3) is 0 Å². The smallest absolute Gasteiger partial charge is 0.197 e. The monoisotopic (exact) mass is 228 g/mol. The molecule has 1 atom stereocenters. The summed E-state index contributed by atoms with van der Waals surface area (Å²) in [6, 6.07) is 5.94. The zero-order valence-electron chi connectivity index (χ0n) is 6.71. The van der Waals surface area contributed by atoms with Crippen LogP contribution in [0.4, 0.5) is 0 Å². The molecule has 0 fully saturated rings. The lowest BCUT2D eigenvalue weighted by Crippen LogP contribution is -2.21. The maximum absolute atomic E-state index is 5.44. The molecule has 1 aromatic rings. The van der Waals surface area contributed by atoms with Crippen molar-refractivity contribution in [2.24, 2.45) is 0 Å².